The van der Waals surface area contributed by atoms with Gasteiger partial charge in [0.2, 0.25) is 0 Å². The number of aliphatic carboxylic acids is 1. The maximum atomic E-state index is 11.8. The van der Waals surface area contributed by atoms with Gasteiger partial charge >= 0.3 is 5.97 Å². The second kappa shape index (κ2) is 7.57. The van der Waals surface area contributed by atoms with Crippen LogP contribution in [0.15, 0.2) is 4.99 Å². The molecular weight excluding hydrogens is 209 g/mol. The lowest BCUT2D eigenvalue weighted by atomic mass is 10.4. The molecule has 0 spiro atoms. The number of amidine groups is 1. The van der Waals surface area contributed by atoms with E-state index in [9.17, 15) is 9.18 Å². The van der Waals surface area contributed by atoms with Crippen molar-refractivity contribution in [3.05, 3.63) is 0 Å². The molecule has 0 rings (SSSR count). The van der Waals surface area contributed by atoms with Crippen LogP contribution in [-0.2, 0) is 4.79 Å². The molecule has 0 saturated carbocycles. The Labute approximate surface area is 85.7 Å². The summed E-state index contributed by atoms with van der Waals surface area (Å²) in [5.41, 5.74) is 10.4. The molecule has 1 unspecified atom stereocenters. The highest BCUT2D eigenvalue weighted by Crippen LogP contribution is 2.01. The van der Waals surface area contributed by atoms with Crippen LogP contribution in [0.3, 0.4) is 0 Å². The molecule has 0 aromatic heterocycles. The second-order valence-corrected chi connectivity index (χ2v) is 3.68. The SMILES string of the molecule is NC(CF)=NCCSCC(N)C(=O)O. The van der Waals surface area contributed by atoms with E-state index in [1.165, 1.54) is 11.8 Å². The zero-order valence-electron chi connectivity index (χ0n) is 7.65. The number of nitrogens with zero attached hydrogens (tertiary/aromatic N) is 1. The molecule has 0 amide bonds. The Hall–Kier alpha value is -0.820. The van der Waals surface area contributed by atoms with E-state index in [2.05, 4.69) is 4.99 Å². The molecule has 0 aromatic carbocycles. The first kappa shape index (κ1) is 13.2. The van der Waals surface area contributed by atoms with Gasteiger partial charge in [0.15, 0.2) is 0 Å². The third-order valence-corrected chi connectivity index (χ3v) is 2.37. The normalized spacial score (nSPS) is 14.0. The first-order chi connectivity index (χ1) is 6.57. The van der Waals surface area contributed by atoms with E-state index in [0.717, 1.165) is 0 Å². The van der Waals surface area contributed by atoms with E-state index >= 15 is 0 Å². The Bertz CT molecular complexity index is 213. The predicted octanol–water partition coefficient (Wildman–Crippen LogP) is -0.542. The summed E-state index contributed by atoms with van der Waals surface area (Å²) < 4.78 is 11.8. The minimum Gasteiger partial charge on any atom is -0.480 e. The molecule has 0 saturated heterocycles. The molecule has 0 fully saturated rings. The number of nitrogens with two attached hydrogens (primary N) is 2. The van der Waals surface area contributed by atoms with E-state index in [-0.39, 0.29) is 5.84 Å². The van der Waals surface area contributed by atoms with Crippen LogP contribution in [0.2, 0.25) is 0 Å². The molecule has 0 aliphatic heterocycles. The Balaban J connectivity index is 3.43. The van der Waals surface area contributed by atoms with Gasteiger partial charge in [0.05, 0.1) is 6.54 Å². The summed E-state index contributed by atoms with van der Waals surface area (Å²) in [6.45, 7) is -0.369. The number of carbonyl (C=O) groups is 1. The van der Waals surface area contributed by atoms with E-state index in [4.69, 9.17) is 16.6 Å². The van der Waals surface area contributed by atoms with Crippen molar-refractivity contribution in [3.8, 4) is 0 Å². The van der Waals surface area contributed by atoms with Crippen molar-refractivity contribution >= 4 is 23.6 Å². The monoisotopic (exact) mass is 223 g/mol. The van der Waals surface area contributed by atoms with Gasteiger partial charge in [0, 0.05) is 11.5 Å². The fraction of sp³-hybridized carbons (Fsp3) is 0.714. The van der Waals surface area contributed by atoms with Crippen LogP contribution in [0.4, 0.5) is 4.39 Å². The van der Waals surface area contributed by atoms with Crippen LogP contribution in [0.1, 0.15) is 0 Å². The highest BCUT2D eigenvalue weighted by molar-refractivity contribution is 7.99. The van der Waals surface area contributed by atoms with Crippen molar-refractivity contribution in [2.45, 2.75) is 6.04 Å². The molecule has 0 aromatic rings. The van der Waals surface area contributed by atoms with Crippen LogP contribution in [-0.4, -0.2) is 47.7 Å². The fourth-order valence-electron chi connectivity index (χ4n) is 0.578. The van der Waals surface area contributed by atoms with E-state index in [1.54, 1.807) is 0 Å². The summed E-state index contributed by atoms with van der Waals surface area (Å²) >= 11 is 1.35. The van der Waals surface area contributed by atoms with Crippen LogP contribution in [0, 0.1) is 0 Å². The van der Waals surface area contributed by atoms with Gasteiger partial charge in [-0.1, -0.05) is 0 Å². The number of carboxylic acids is 1. The summed E-state index contributed by atoms with van der Waals surface area (Å²) in [5, 5.41) is 8.43. The minimum atomic E-state index is -1.02. The van der Waals surface area contributed by atoms with E-state index in [0.29, 0.717) is 18.1 Å². The molecule has 5 N–H and O–H groups in total. The lowest BCUT2D eigenvalue weighted by molar-refractivity contribution is -0.137. The van der Waals surface area contributed by atoms with Gasteiger partial charge < -0.3 is 16.6 Å². The van der Waals surface area contributed by atoms with Crippen LogP contribution in [0.25, 0.3) is 0 Å². The number of alkyl halides is 1. The number of thioether (sulfide) groups is 1. The number of halogens is 1. The van der Waals surface area contributed by atoms with Gasteiger partial charge in [-0.25, -0.2) is 4.39 Å². The van der Waals surface area contributed by atoms with Crippen LogP contribution in [0.5, 0.6) is 0 Å². The van der Waals surface area contributed by atoms with Gasteiger partial charge in [0.1, 0.15) is 18.6 Å². The summed E-state index contributed by atoms with van der Waals surface area (Å²) in [5.74, 6) is -0.153. The Morgan fingerprint density at radius 3 is 2.79 bits per heavy atom. The maximum Gasteiger partial charge on any atom is 0.321 e. The lowest BCUT2D eigenvalue weighted by Crippen LogP contribution is -2.32. The van der Waals surface area contributed by atoms with Crippen molar-refractivity contribution in [3.63, 3.8) is 0 Å². The molecule has 0 bridgehead atoms. The number of hydrogen-bond donors (Lipinski definition) is 3. The third-order valence-electron chi connectivity index (χ3n) is 1.30. The zero-order valence-corrected chi connectivity index (χ0v) is 8.47. The average molecular weight is 223 g/mol. The molecule has 0 aliphatic rings. The Morgan fingerprint density at radius 1 is 1.64 bits per heavy atom. The fourth-order valence-corrected chi connectivity index (χ4v) is 1.36. The zero-order chi connectivity index (χ0) is 11.0. The average Bonchev–Trinajstić information content (AvgIpc) is 2.16. The Morgan fingerprint density at radius 2 is 2.29 bits per heavy atom. The third kappa shape index (κ3) is 6.67. The first-order valence-corrected chi connectivity index (χ1v) is 5.14. The van der Waals surface area contributed by atoms with Crippen molar-refractivity contribution in [1.29, 1.82) is 0 Å². The van der Waals surface area contributed by atoms with Crippen molar-refractivity contribution in [2.75, 3.05) is 24.7 Å². The first-order valence-electron chi connectivity index (χ1n) is 3.98. The highest BCUT2D eigenvalue weighted by atomic mass is 32.2. The van der Waals surface area contributed by atoms with Gasteiger partial charge in [-0.15, -0.1) is 0 Å². The standard InChI is InChI=1S/C7H14FN3O2S/c8-3-6(10)11-1-2-14-4-5(9)7(12)13/h5H,1-4,9H2,(H2,10,11)(H,12,13). The van der Waals surface area contributed by atoms with Crippen molar-refractivity contribution < 1.29 is 14.3 Å². The number of hydrogen-bond acceptors (Lipinski definition) is 4. The number of aliphatic imine (C=N–C) groups is 1. The van der Waals surface area contributed by atoms with Crippen molar-refractivity contribution in [1.82, 2.24) is 0 Å². The quantitative estimate of drug-likeness (QED) is 0.305. The molecule has 1 atom stereocenters. The molecule has 0 aliphatic carbocycles. The summed E-state index contributed by atoms with van der Waals surface area (Å²) in [4.78, 5) is 14.0. The molecule has 5 nitrogen and oxygen atoms in total. The molecule has 0 radical (unpaired) electrons. The van der Waals surface area contributed by atoms with E-state index < -0.39 is 18.7 Å². The van der Waals surface area contributed by atoms with Gasteiger partial charge in [-0.05, 0) is 0 Å². The molecule has 7 heteroatoms. The number of rotatable bonds is 7. The number of carboxylic acid groups (broad SMARTS) is 1. The molecule has 82 valence electrons. The molecule has 0 heterocycles. The van der Waals surface area contributed by atoms with E-state index in [1.807, 2.05) is 0 Å². The minimum absolute atomic E-state index is 0.0341. The van der Waals surface area contributed by atoms with Crippen molar-refractivity contribution in [2.24, 2.45) is 16.5 Å². The summed E-state index contributed by atoms with van der Waals surface area (Å²) in [6, 6.07) is -0.859. The highest BCUT2D eigenvalue weighted by Gasteiger charge is 2.10. The van der Waals surface area contributed by atoms with Crippen LogP contribution < -0.4 is 11.5 Å². The smallest absolute Gasteiger partial charge is 0.321 e. The van der Waals surface area contributed by atoms with Gasteiger partial charge in [-0.2, -0.15) is 11.8 Å². The maximum absolute atomic E-state index is 11.8. The molecular formula is C7H14FN3O2S. The second-order valence-electron chi connectivity index (χ2n) is 2.53. The predicted molar refractivity (Wildman–Crippen MR) is 55.4 cm³/mol. The van der Waals surface area contributed by atoms with Gasteiger partial charge in [0.25, 0.3) is 0 Å². The topological polar surface area (TPSA) is 102 Å². The van der Waals surface area contributed by atoms with Crippen LogP contribution >= 0.6 is 11.8 Å². The summed E-state index contributed by atoms with van der Waals surface area (Å²) in [7, 11) is 0. The lowest BCUT2D eigenvalue weighted by Gasteiger charge is -2.04. The molecule has 14 heavy (non-hydrogen) atoms. The summed E-state index contributed by atoms with van der Waals surface area (Å²) in [6.07, 6.45) is 0. The Kier molecular flexibility index (Phi) is 7.13. The van der Waals surface area contributed by atoms with Gasteiger partial charge in [-0.3, -0.25) is 9.79 Å². The largest absolute Gasteiger partial charge is 0.480 e.